The number of rotatable bonds is 6. The third-order valence-electron chi connectivity index (χ3n) is 7.83. The van der Waals surface area contributed by atoms with Crippen LogP contribution in [-0.4, -0.2) is 52.4 Å². The summed E-state index contributed by atoms with van der Waals surface area (Å²) < 4.78 is 5.81. The molecule has 0 saturated carbocycles. The maximum atomic E-state index is 12.4. The van der Waals surface area contributed by atoms with Gasteiger partial charge in [0.1, 0.15) is 18.3 Å². The van der Waals surface area contributed by atoms with E-state index in [0.717, 1.165) is 59.1 Å². The van der Waals surface area contributed by atoms with Gasteiger partial charge < -0.3 is 19.8 Å². The Morgan fingerprint density at radius 1 is 0.838 bits per heavy atom. The van der Waals surface area contributed by atoms with Gasteiger partial charge in [0.15, 0.2) is 0 Å². The molecule has 1 atom stereocenters. The number of aliphatic hydroxyl groups excluding tert-OH is 1. The number of aliphatic hydroxyl groups is 2. The number of benzene rings is 3. The molecule has 0 spiro atoms. The van der Waals surface area contributed by atoms with Gasteiger partial charge in [-0.3, -0.25) is 0 Å². The fourth-order valence-electron chi connectivity index (χ4n) is 5.94. The van der Waals surface area contributed by atoms with Gasteiger partial charge >= 0.3 is 0 Å². The van der Waals surface area contributed by atoms with Crippen LogP contribution in [0.1, 0.15) is 35.1 Å². The quantitative estimate of drug-likeness (QED) is 0.392. The van der Waals surface area contributed by atoms with Gasteiger partial charge in [-0.05, 0) is 66.2 Å². The average molecular weight is 493 g/mol. The normalized spacial score (nSPS) is 18.1. The Balaban J connectivity index is 1.11. The number of ether oxygens (including phenoxy) is 1. The molecule has 188 valence electrons. The van der Waals surface area contributed by atoms with Crippen LogP contribution in [0.5, 0.6) is 5.88 Å². The van der Waals surface area contributed by atoms with Crippen LogP contribution in [-0.2, 0) is 5.60 Å². The van der Waals surface area contributed by atoms with E-state index in [1.165, 1.54) is 0 Å². The Morgan fingerprint density at radius 2 is 1.46 bits per heavy atom. The highest BCUT2D eigenvalue weighted by atomic mass is 16.5. The first kappa shape index (κ1) is 23.9. The summed E-state index contributed by atoms with van der Waals surface area (Å²) in [7, 11) is 0. The molecule has 1 aliphatic carbocycles. The minimum absolute atomic E-state index is 0.0844. The van der Waals surface area contributed by atoms with Gasteiger partial charge in [0.25, 0.3) is 0 Å². The van der Waals surface area contributed by atoms with Crippen molar-refractivity contribution >= 4 is 23.1 Å². The van der Waals surface area contributed by atoms with Crippen molar-refractivity contribution in [3.05, 3.63) is 107 Å². The number of fused-ring (bicyclic) bond motifs is 3. The van der Waals surface area contributed by atoms with E-state index >= 15 is 0 Å². The predicted octanol–water partition coefficient (Wildman–Crippen LogP) is 5.11. The minimum Gasteiger partial charge on any atom is -0.475 e. The SMILES string of the molecule is OC(COc1ccc2ccccc2n1)CN1CCC(C2(O)c3ccccc3C=Cc3ccccc32)CC1. The maximum absolute atomic E-state index is 12.4. The van der Waals surface area contributed by atoms with Crippen molar-refractivity contribution in [2.75, 3.05) is 26.2 Å². The summed E-state index contributed by atoms with van der Waals surface area (Å²) in [5, 5.41) is 24.2. The van der Waals surface area contributed by atoms with Crippen LogP contribution in [0.2, 0.25) is 0 Å². The zero-order valence-electron chi connectivity index (χ0n) is 20.8. The van der Waals surface area contributed by atoms with Crippen molar-refractivity contribution in [2.24, 2.45) is 5.92 Å². The number of β-amino-alcohol motifs (C(OH)–C–C–N with tert-alkyl or cyclic N) is 1. The Bertz CT molecular complexity index is 1380. The first-order valence-corrected chi connectivity index (χ1v) is 13.1. The summed E-state index contributed by atoms with van der Waals surface area (Å²) >= 11 is 0. The lowest BCUT2D eigenvalue weighted by Gasteiger charge is -2.43. The third-order valence-corrected chi connectivity index (χ3v) is 7.83. The van der Waals surface area contributed by atoms with E-state index in [9.17, 15) is 10.2 Å². The summed E-state index contributed by atoms with van der Waals surface area (Å²) in [6, 6.07) is 28.1. The Kier molecular flexibility index (Phi) is 6.51. The molecular formula is C32H32N2O3. The smallest absolute Gasteiger partial charge is 0.213 e. The summed E-state index contributed by atoms with van der Waals surface area (Å²) in [6.07, 6.45) is 5.30. The van der Waals surface area contributed by atoms with Crippen molar-refractivity contribution in [1.82, 2.24) is 9.88 Å². The van der Waals surface area contributed by atoms with Crippen molar-refractivity contribution in [3.63, 3.8) is 0 Å². The largest absolute Gasteiger partial charge is 0.475 e. The Hall–Kier alpha value is -3.51. The van der Waals surface area contributed by atoms with E-state index in [4.69, 9.17) is 4.74 Å². The van der Waals surface area contributed by atoms with Crippen LogP contribution in [0.15, 0.2) is 84.9 Å². The number of likely N-dealkylation sites (tertiary alicyclic amines) is 1. The van der Waals surface area contributed by atoms with E-state index in [1.54, 1.807) is 0 Å². The summed E-state index contributed by atoms with van der Waals surface area (Å²) in [5.74, 6) is 0.610. The van der Waals surface area contributed by atoms with Gasteiger partial charge in [-0.1, -0.05) is 78.9 Å². The van der Waals surface area contributed by atoms with E-state index in [0.29, 0.717) is 12.4 Å². The van der Waals surface area contributed by atoms with Crippen LogP contribution < -0.4 is 4.74 Å². The van der Waals surface area contributed by atoms with Crippen LogP contribution in [0.4, 0.5) is 0 Å². The molecule has 1 fully saturated rings. The minimum atomic E-state index is -1.05. The van der Waals surface area contributed by atoms with Crippen LogP contribution in [0.3, 0.4) is 0 Å². The second-order valence-corrected chi connectivity index (χ2v) is 10.2. The van der Waals surface area contributed by atoms with Crippen molar-refractivity contribution in [2.45, 2.75) is 24.5 Å². The molecule has 1 unspecified atom stereocenters. The molecule has 1 saturated heterocycles. The molecule has 5 heteroatoms. The van der Waals surface area contributed by atoms with Crippen LogP contribution >= 0.6 is 0 Å². The molecule has 1 aromatic heterocycles. The van der Waals surface area contributed by atoms with Gasteiger partial charge in [-0.15, -0.1) is 0 Å². The van der Waals surface area contributed by atoms with Gasteiger partial charge in [0, 0.05) is 18.0 Å². The fraction of sp³-hybridized carbons (Fsp3) is 0.281. The molecule has 0 bridgehead atoms. The number of pyridine rings is 1. The lowest BCUT2D eigenvalue weighted by atomic mass is 9.70. The number of hydrogen-bond acceptors (Lipinski definition) is 5. The molecule has 37 heavy (non-hydrogen) atoms. The maximum Gasteiger partial charge on any atom is 0.213 e. The van der Waals surface area contributed by atoms with Crippen LogP contribution in [0, 0.1) is 5.92 Å². The van der Waals surface area contributed by atoms with Crippen molar-refractivity contribution < 1.29 is 14.9 Å². The average Bonchev–Trinajstić information content (AvgIpc) is 3.07. The van der Waals surface area contributed by atoms with Crippen molar-refractivity contribution in [1.29, 1.82) is 0 Å². The highest BCUT2D eigenvalue weighted by molar-refractivity contribution is 5.79. The topological polar surface area (TPSA) is 65.8 Å². The number of para-hydroxylation sites is 1. The fourth-order valence-corrected chi connectivity index (χ4v) is 5.94. The lowest BCUT2D eigenvalue weighted by Crippen LogP contribution is -2.47. The molecule has 5 nitrogen and oxygen atoms in total. The van der Waals surface area contributed by atoms with Gasteiger partial charge in [0.2, 0.25) is 5.88 Å². The molecule has 4 aromatic rings. The van der Waals surface area contributed by atoms with E-state index < -0.39 is 11.7 Å². The summed E-state index contributed by atoms with van der Waals surface area (Å²) in [4.78, 5) is 6.80. The standard InChI is InChI=1S/C32H32N2O3/c35-27(22-37-31-16-15-25-9-3-6-12-30(25)33-31)21-34-19-17-26(18-20-34)32(36)28-10-4-1-7-23(28)13-14-24-8-2-5-11-29(24)32/h1-16,26-27,35-36H,17-22H2. The predicted molar refractivity (Wildman–Crippen MR) is 147 cm³/mol. The highest BCUT2D eigenvalue weighted by Gasteiger charge is 2.44. The van der Waals surface area contributed by atoms with E-state index in [2.05, 4.69) is 46.3 Å². The first-order chi connectivity index (χ1) is 18.1. The summed E-state index contributed by atoms with van der Waals surface area (Å²) in [6.45, 7) is 2.36. The number of hydrogen-bond donors (Lipinski definition) is 2. The first-order valence-electron chi connectivity index (χ1n) is 13.1. The van der Waals surface area contributed by atoms with Gasteiger partial charge in [-0.2, -0.15) is 0 Å². The highest BCUT2D eigenvalue weighted by Crippen LogP contribution is 2.46. The van der Waals surface area contributed by atoms with Gasteiger partial charge in [-0.25, -0.2) is 4.98 Å². The second kappa shape index (κ2) is 10.1. The molecule has 0 amide bonds. The van der Waals surface area contributed by atoms with E-state index in [-0.39, 0.29) is 12.5 Å². The Morgan fingerprint density at radius 3 is 2.16 bits per heavy atom. The number of aromatic nitrogens is 1. The molecule has 0 radical (unpaired) electrons. The molecular weight excluding hydrogens is 460 g/mol. The molecule has 2 aliphatic rings. The number of nitrogens with zero attached hydrogens (tertiary/aromatic N) is 2. The van der Waals surface area contributed by atoms with Crippen molar-refractivity contribution in [3.8, 4) is 5.88 Å². The molecule has 6 rings (SSSR count). The van der Waals surface area contributed by atoms with Crippen LogP contribution in [0.25, 0.3) is 23.1 Å². The molecule has 1 aliphatic heterocycles. The lowest BCUT2D eigenvalue weighted by molar-refractivity contribution is -0.0224. The third kappa shape index (κ3) is 4.66. The van der Waals surface area contributed by atoms with E-state index in [1.807, 2.05) is 60.7 Å². The Labute approximate surface area is 217 Å². The molecule has 3 aromatic carbocycles. The number of piperidine rings is 1. The zero-order valence-corrected chi connectivity index (χ0v) is 20.8. The molecule has 2 heterocycles. The second-order valence-electron chi connectivity index (χ2n) is 10.2. The monoisotopic (exact) mass is 492 g/mol. The summed E-state index contributed by atoms with van der Waals surface area (Å²) in [5.41, 5.74) is 3.92. The van der Waals surface area contributed by atoms with Gasteiger partial charge in [0.05, 0.1) is 5.52 Å². The zero-order chi connectivity index (χ0) is 25.2. The molecule has 2 N–H and O–H groups in total.